The lowest BCUT2D eigenvalue weighted by molar-refractivity contribution is 0.0898. The number of pyridine rings is 1. The minimum Gasteiger partial charge on any atom is -0.345 e. The van der Waals surface area contributed by atoms with Crippen LogP contribution in [0.2, 0.25) is 0 Å². The van der Waals surface area contributed by atoms with Crippen molar-refractivity contribution in [3.8, 4) is 0 Å². The SMILES string of the molecule is CCCn1c(C)c(C(=O)NC(c2cccc(F)c2)C2CCC2)c(C)cc1=O. The molecule has 1 unspecified atom stereocenters. The van der Waals surface area contributed by atoms with Crippen LogP contribution >= 0.6 is 0 Å². The molecule has 0 aliphatic heterocycles. The topological polar surface area (TPSA) is 51.1 Å². The molecule has 0 radical (unpaired) electrons. The molecule has 2 aromatic rings. The van der Waals surface area contributed by atoms with E-state index in [1.165, 1.54) is 18.2 Å². The smallest absolute Gasteiger partial charge is 0.253 e. The summed E-state index contributed by atoms with van der Waals surface area (Å²) in [6.07, 6.45) is 3.99. The van der Waals surface area contributed by atoms with Gasteiger partial charge in [0.1, 0.15) is 5.82 Å². The van der Waals surface area contributed by atoms with E-state index in [1.807, 2.05) is 19.9 Å². The van der Waals surface area contributed by atoms with Gasteiger partial charge in [-0.2, -0.15) is 0 Å². The Morgan fingerprint density at radius 1 is 1.30 bits per heavy atom. The Labute approximate surface area is 159 Å². The number of nitrogens with one attached hydrogen (secondary N) is 1. The van der Waals surface area contributed by atoms with Crippen molar-refractivity contribution < 1.29 is 9.18 Å². The number of halogens is 1. The van der Waals surface area contributed by atoms with E-state index in [0.29, 0.717) is 29.3 Å². The molecule has 1 aliphatic rings. The van der Waals surface area contributed by atoms with Crippen LogP contribution in [-0.4, -0.2) is 10.5 Å². The van der Waals surface area contributed by atoms with Gasteiger partial charge in [0, 0.05) is 18.3 Å². The van der Waals surface area contributed by atoms with E-state index in [4.69, 9.17) is 0 Å². The van der Waals surface area contributed by atoms with Crippen molar-refractivity contribution in [2.24, 2.45) is 5.92 Å². The van der Waals surface area contributed by atoms with Crippen LogP contribution < -0.4 is 10.9 Å². The van der Waals surface area contributed by atoms with Gasteiger partial charge >= 0.3 is 0 Å². The van der Waals surface area contributed by atoms with E-state index < -0.39 is 0 Å². The first-order valence-electron chi connectivity index (χ1n) is 9.69. The van der Waals surface area contributed by atoms with Crippen molar-refractivity contribution >= 4 is 5.91 Å². The summed E-state index contributed by atoms with van der Waals surface area (Å²) >= 11 is 0. The molecular weight excluding hydrogens is 343 g/mol. The van der Waals surface area contributed by atoms with Crippen molar-refractivity contribution in [1.29, 1.82) is 0 Å². The van der Waals surface area contributed by atoms with E-state index in [-0.39, 0.29) is 23.3 Å². The summed E-state index contributed by atoms with van der Waals surface area (Å²) in [5, 5.41) is 3.13. The minimum atomic E-state index is -0.296. The molecule has 144 valence electrons. The number of nitrogens with zero attached hydrogens (tertiary/aromatic N) is 1. The first-order chi connectivity index (χ1) is 12.9. The lowest BCUT2D eigenvalue weighted by atomic mass is 9.77. The zero-order valence-electron chi connectivity index (χ0n) is 16.2. The highest BCUT2D eigenvalue weighted by molar-refractivity contribution is 5.97. The van der Waals surface area contributed by atoms with Gasteiger partial charge in [-0.3, -0.25) is 9.59 Å². The Kier molecular flexibility index (Phi) is 5.78. The summed E-state index contributed by atoms with van der Waals surface area (Å²) in [6, 6.07) is 7.77. The van der Waals surface area contributed by atoms with Gasteiger partial charge in [0.25, 0.3) is 11.5 Å². The minimum absolute atomic E-state index is 0.0796. The lowest BCUT2D eigenvalue weighted by Gasteiger charge is -2.35. The molecule has 1 aromatic heterocycles. The van der Waals surface area contributed by atoms with Crippen molar-refractivity contribution in [2.45, 2.75) is 59.0 Å². The fraction of sp³-hybridized carbons (Fsp3) is 0.455. The molecule has 1 aliphatic carbocycles. The fourth-order valence-corrected chi connectivity index (χ4v) is 3.93. The summed E-state index contributed by atoms with van der Waals surface area (Å²) < 4.78 is 15.4. The van der Waals surface area contributed by atoms with Crippen LogP contribution in [0.15, 0.2) is 35.1 Å². The van der Waals surface area contributed by atoms with Crippen molar-refractivity contribution in [3.05, 3.63) is 68.9 Å². The zero-order chi connectivity index (χ0) is 19.6. The number of benzene rings is 1. The number of hydrogen-bond acceptors (Lipinski definition) is 2. The number of amides is 1. The average molecular weight is 370 g/mol. The first kappa shape index (κ1) is 19.3. The van der Waals surface area contributed by atoms with Crippen LogP contribution in [0.1, 0.15) is 65.8 Å². The molecule has 1 aromatic carbocycles. The van der Waals surface area contributed by atoms with Gasteiger partial charge in [-0.05, 0) is 62.3 Å². The van der Waals surface area contributed by atoms with Gasteiger partial charge in [-0.1, -0.05) is 25.5 Å². The van der Waals surface area contributed by atoms with E-state index in [1.54, 1.807) is 17.6 Å². The third-order valence-corrected chi connectivity index (χ3v) is 5.56. The van der Waals surface area contributed by atoms with Gasteiger partial charge < -0.3 is 9.88 Å². The third kappa shape index (κ3) is 3.97. The Morgan fingerprint density at radius 3 is 2.63 bits per heavy atom. The maximum absolute atomic E-state index is 13.7. The second-order valence-corrected chi connectivity index (χ2v) is 7.47. The molecule has 4 nitrogen and oxygen atoms in total. The largest absolute Gasteiger partial charge is 0.345 e. The first-order valence-corrected chi connectivity index (χ1v) is 9.69. The second-order valence-electron chi connectivity index (χ2n) is 7.47. The number of rotatable bonds is 6. The number of carbonyl (C=O) groups is 1. The molecule has 0 saturated heterocycles. The van der Waals surface area contributed by atoms with Crippen LogP contribution in [-0.2, 0) is 6.54 Å². The fourth-order valence-electron chi connectivity index (χ4n) is 3.93. The summed E-state index contributed by atoms with van der Waals surface area (Å²) in [4.78, 5) is 25.4. The molecule has 5 heteroatoms. The van der Waals surface area contributed by atoms with E-state index in [9.17, 15) is 14.0 Å². The zero-order valence-corrected chi connectivity index (χ0v) is 16.2. The lowest BCUT2D eigenvalue weighted by Crippen LogP contribution is -2.38. The van der Waals surface area contributed by atoms with Crippen molar-refractivity contribution in [2.75, 3.05) is 0 Å². The van der Waals surface area contributed by atoms with Gasteiger partial charge in [0.15, 0.2) is 0 Å². The van der Waals surface area contributed by atoms with Crippen LogP contribution in [0.4, 0.5) is 4.39 Å². The Bertz CT molecular complexity index is 900. The highest BCUT2D eigenvalue weighted by Crippen LogP contribution is 2.38. The van der Waals surface area contributed by atoms with Crippen molar-refractivity contribution in [1.82, 2.24) is 9.88 Å². The van der Waals surface area contributed by atoms with Gasteiger partial charge in [-0.25, -0.2) is 4.39 Å². The predicted molar refractivity (Wildman–Crippen MR) is 104 cm³/mol. The quantitative estimate of drug-likeness (QED) is 0.825. The number of aromatic nitrogens is 1. The van der Waals surface area contributed by atoms with Gasteiger partial charge in [-0.15, -0.1) is 0 Å². The predicted octanol–water partition coefficient (Wildman–Crippen LogP) is 4.29. The Morgan fingerprint density at radius 2 is 2.04 bits per heavy atom. The molecule has 1 heterocycles. The van der Waals surface area contributed by atoms with Crippen molar-refractivity contribution in [3.63, 3.8) is 0 Å². The van der Waals surface area contributed by atoms with E-state index in [2.05, 4.69) is 5.32 Å². The van der Waals surface area contributed by atoms with E-state index >= 15 is 0 Å². The molecule has 27 heavy (non-hydrogen) atoms. The highest BCUT2D eigenvalue weighted by Gasteiger charge is 2.31. The normalized spacial score (nSPS) is 15.3. The summed E-state index contributed by atoms with van der Waals surface area (Å²) in [7, 11) is 0. The molecule has 0 bridgehead atoms. The van der Waals surface area contributed by atoms with Crippen LogP contribution in [0, 0.1) is 25.6 Å². The van der Waals surface area contributed by atoms with Gasteiger partial charge in [0.2, 0.25) is 0 Å². The summed E-state index contributed by atoms with van der Waals surface area (Å²) in [5.74, 6) is -0.177. The molecule has 1 N–H and O–H groups in total. The molecule has 1 fully saturated rings. The molecule has 0 spiro atoms. The third-order valence-electron chi connectivity index (χ3n) is 5.56. The Balaban J connectivity index is 1.95. The maximum Gasteiger partial charge on any atom is 0.253 e. The summed E-state index contributed by atoms with van der Waals surface area (Å²) in [5.41, 5.74) is 2.62. The number of hydrogen-bond donors (Lipinski definition) is 1. The monoisotopic (exact) mass is 370 g/mol. The molecule has 1 amide bonds. The average Bonchev–Trinajstić information content (AvgIpc) is 2.56. The second kappa shape index (κ2) is 8.07. The molecule has 1 saturated carbocycles. The summed E-state index contributed by atoms with van der Waals surface area (Å²) in [6.45, 7) is 6.20. The number of aryl methyl sites for hydroxylation is 1. The van der Waals surface area contributed by atoms with E-state index in [0.717, 1.165) is 31.2 Å². The van der Waals surface area contributed by atoms with Gasteiger partial charge in [0.05, 0.1) is 11.6 Å². The highest BCUT2D eigenvalue weighted by atomic mass is 19.1. The molecule has 1 atom stereocenters. The van der Waals surface area contributed by atoms with Crippen LogP contribution in [0.3, 0.4) is 0 Å². The standard InChI is InChI=1S/C22H27FN2O2/c1-4-11-25-15(3)20(14(2)12-19(25)26)22(27)24-21(16-7-5-8-16)17-9-6-10-18(23)13-17/h6,9-10,12-13,16,21H,4-5,7-8,11H2,1-3H3,(H,24,27). The molecule has 3 rings (SSSR count). The van der Waals surface area contributed by atoms with Crippen LogP contribution in [0.25, 0.3) is 0 Å². The maximum atomic E-state index is 13.7. The molecular formula is C22H27FN2O2. The number of carbonyl (C=O) groups excluding carboxylic acids is 1. The Hall–Kier alpha value is -2.43. The van der Waals surface area contributed by atoms with Crippen LogP contribution in [0.5, 0.6) is 0 Å².